The van der Waals surface area contributed by atoms with Gasteiger partial charge in [-0.25, -0.2) is 0 Å². The van der Waals surface area contributed by atoms with Crippen molar-refractivity contribution in [3.8, 4) is 6.07 Å². The van der Waals surface area contributed by atoms with Gasteiger partial charge in [0.2, 0.25) is 0 Å². The smallest absolute Gasteiger partial charge is 0.0992 e. The van der Waals surface area contributed by atoms with Gasteiger partial charge in [-0.3, -0.25) is 0 Å². The Balaban J connectivity index is 2.08. The summed E-state index contributed by atoms with van der Waals surface area (Å²) in [5.74, 6) is 1.55. The Bertz CT molecular complexity index is 464. The first-order valence-corrected chi connectivity index (χ1v) is 6.94. The molecule has 0 spiro atoms. The van der Waals surface area contributed by atoms with Crippen molar-refractivity contribution in [3.05, 3.63) is 28.8 Å². The summed E-state index contributed by atoms with van der Waals surface area (Å²) in [5.41, 5.74) is 1.54. The third kappa shape index (κ3) is 2.97. The third-order valence-corrected chi connectivity index (χ3v) is 4.38. The maximum atomic E-state index is 8.91. The van der Waals surface area contributed by atoms with E-state index in [0.29, 0.717) is 16.6 Å². The number of hydrogen-bond donors (Lipinski definition) is 1. The van der Waals surface area contributed by atoms with Gasteiger partial charge >= 0.3 is 0 Å². The molecule has 1 aliphatic rings. The third-order valence-electron chi connectivity index (χ3n) is 4.05. The van der Waals surface area contributed by atoms with Crippen LogP contribution in [0.5, 0.6) is 0 Å². The quantitative estimate of drug-likeness (QED) is 0.855. The lowest BCUT2D eigenvalue weighted by Crippen LogP contribution is -2.30. The summed E-state index contributed by atoms with van der Waals surface area (Å²) in [4.78, 5) is 0. The van der Waals surface area contributed by atoms with Crippen molar-refractivity contribution in [1.82, 2.24) is 0 Å². The van der Waals surface area contributed by atoms with E-state index in [9.17, 15) is 0 Å². The van der Waals surface area contributed by atoms with Crippen LogP contribution >= 0.6 is 11.6 Å². The van der Waals surface area contributed by atoms with Crippen LogP contribution in [0.1, 0.15) is 38.7 Å². The van der Waals surface area contributed by atoms with Crippen LogP contribution in [0.3, 0.4) is 0 Å². The zero-order valence-electron chi connectivity index (χ0n) is 10.9. The summed E-state index contributed by atoms with van der Waals surface area (Å²) in [5, 5.41) is 13.1. The van der Waals surface area contributed by atoms with Crippen LogP contribution in [0.4, 0.5) is 5.69 Å². The summed E-state index contributed by atoms with van der Waals surface area (Å²) < 4.78 is 0. The molecule has 2 rings (SSSR count). The normalized spacial score (nSPS) is 27.6. The van der Waals surface area contributed by atoms with Gasteiger partial charge in [0.15, 0.2) is 0 Å². The van der Waals surface area contributed by atoms with Gasteiger partial charge in [-0.05, 0) is 49.3 Å². The van der Waals surface area contributed by atoms with Crippen molar-refractivity contribution >= 4 is 17.3 Å². The number of hydrogen-bond acceptors (Lipinski definition) is 2. The average Bonchev–Trinajstić information content (AvgIpc) is 2.36. The monoisotopic (exact) mass is 262 g/mol. The number of rotatable bonds is 2. The van der Waals surface area contributed by atoms with Gasteiger partial charge < -0.3 is 5.32 Å². The number of anilines is 1. The van der Waals surface area contributed by atoms with Crippen LogP contribution in [0.25, 0.3) is 0 Å². The average molecular weight is 263 g/mol. The molecule has 2 nitrogen and oxygen atoms in total. The Hall–Kier alpha value is -1.20. The fraction of sp³-hybridized carbons (Fsp3) is 0.533. The van der Waals surface area contributed by atoms with Crippen molar-refractivity contribution in [2.75, 3.05) is 5.32 Å². The van der Waals surface area contributed by atoms with Crippen LogP contribution in [0.2, 0.25) is 5.02 Å². The molecule has 1 aliphatic carbocycles. The fourth-order valence-electron chi connectivity index (χ4n) is 2.60. The molecule has 0 amide bonds. The molecule has 96 valence electrons. The molecule has 1 saturated carbocycles. The van der Waals surface area contributed by atoms with E-state index in [1.165, 1.54) is 19.3 Å². The fourth-order valence-corrected chi connectivity index (χ4v) is 2.78. The Labute approximate surface area is 114 Å². The molecule has 1 aromatic rings. The van der Waals surface area contributed by atoms with E-state index >= 15 is 0 Å². The highest BCUT2D eigenvalue weighted by molar-refractivity contribution is 6.33. The Morgan fingerprint density at radius 1 is 1.28 bits per heavy atom. The highest BCUT2D eigenvalue weighted by atomic mass is 35.5. The van der Waals surface area contributed by atoms with Crippen molar-refractivity contribution in [2.45, 2.75) is 39.2 Å². The SMILES string of the molecule is CC1CCC(Nc2cc(C#N)ccc2Cl)CC1C. The maximum Gasteiger partial charge on any atom is 0.0992 e. The van der Waals surface area contributed by atoms with Gasteiger partial charge in [0, 0.05) is 6.04 Å². The molecule has 0 radical (unpaired) electrons. The molecule has 1 aromatic carbocycles. The summed E-state index contributed by atoms with van der Waals surface area (Å²) in [6.45, 7) is 4.63. The second kappa shape index (κ2) is 5.63. The molecule has 0 aromatic heterocycles. The van der Waals surface area contributed by atoms with Gasteiger partial charge in [0.1, 0.15) is 0 Å². The largest absolute Gasteiger partial charge is 0.381 e. The Morgan fingerprint density at radius 3 is 2.72 bits per heavy atom. The van der Waals surface area contributed by atoms with Gasteiger partial charge in [-0.15, -0.1) is 0 Å². The summed E-state index contributed by atoms with van der Waals surface area (Å²) in [6, 6.07) is 8.00. The second-order valence-electron chi connectivity index (χ2n) is 5.42. The predicted molar refractivity (Wildman–Crippen MR) is 75.8 cm³/mol. The van der Waals surface area contributed by atoms with E-state index in [2.05, 4.69) is 25.2 Å². The molecular weight excluding hydrogens is 244 g/mol. The first-order chi connectivity index (χ1) is 8.60. The number of nitriles is 1. The van der Waals surface area contributed by atoms with E-state index in [0.717, 1.165) is 17.5 Å². The lowest BCUT2D eigenvalue weighted by molar-refractivity contribution is 0.261. The molecule has 1 N–H and O–H groups in total. The highest BCUT2D eigenvalue weighted by Gasteiger charge is 2.24. The van der Waals surface area contributed by atoms with E-state index in [-0.39, 0.29) is 0 Å². The molecule has 3 atom stereocenters. The zero-order valence-corrected chi connectivity index (χ0v) is 11.7. The van der Waals surface area contributed by atoms with Gasteiger partial charge in [-0.2, -0.15) is 5.26 Å². The highest BCUT2D eigenvalue weighted by Crippen LogP contribution is 2.32. The van der Waals surface area contributed by atoms with E-state index < -0.39 is 0 Å². The van der Waals surface area contributed by atoms with Crippen molar-refractivity contribution < 1.29 is 0 Å². The predicted octanol–water partition coefficient (Wildman–Crippen LogP) is 4.45. The van der Waals surface area contributed by atoms with Crippen LogP contribution < -0.4 is 5.32 Å². The number of benzene rings is 1. The molecule has 1 fully saturated rings. The lowest BCUT2D eigenvalue weighted by Gasteiger charge is -2.33. The molecule has 0 heterocycles. The summed E-state index contributed by atoms with van der Waals surface area (Å²) in [7, 11) is 0. The van der Waals surface area contributed by atoms with Crippen LogP contribution in [0.15, 0.2) is 18.2 Å². The summed E-state index contributed by atoms with van der Waals surface area (Å²) in [6.07, 6.45) is 3.61. The molecule has 0 bridgehead atoms. The molecule has 3 heteroatoms. The standard InChI is InChI=1S/C15H19ClN2/c1-10-3-5-13(7-11(10)2)18-15-8-12(9-17)4-6-14(15)16/h4,6,8,10-11,13,18H,3,5,7H2,1-2H3. The topological polar surface area (TPSA) is 35.8 Å². The molecule has 3 unspecified atom stereocenters. The zero-order chi connectivity index (χ0) is 13.1. The van der Waals surface area contributed by atoms with Gasteiger partial charge in [0.25, 0.3) is 0 Å². The van der Waals surface area contributed by atoms with E-state index in [1.807, 2.05) is 6.07 Å². The van der Waals surface area contributed by atoms with Crippen molar-refractivity contribution in [1.29, 1.82) is 5.26 Å². The number of nitrogens with one attached hydrogen (secondary N) is 1. The number of halogens is 1. The lowest BCUT2D eigenvalue weighted by atomic mass is 9.79. The minimum Gasteiger partial charge on any atom is -0.381 e. The first-order valence-electron chi connectivity index (χ1n) is 6.56. The second-order valence-corrected chi connectivity index (χ2v) is 5.82. The molecule has 0 aliphatic heterocycles. The molecular formula is C15H19ClN2. The van der Waals surface area contributed by atoms with Crippen molar-refractivity contribution in [2.24, 2.45) is 11.8 Å². The van der Waals surface area contributed by atoms with Crippen LogP contribution in [-0.4, -0.2) is 6.04 Å². The Kier molecular flexibility index (Phi) is 4.14. The van der Waals surface area contributed by atoms with Crippen LogP contribution in [-0.2, 0) is 0 Å². The minimum atomic E-state index is 0.475. The van der Waals surface area contributed by atoms with Gasteiger partial charge in [0.05, 0.1) is 22.3 Å². The van der Waals surface area contributed by atoms with E-state index in [4.69, 9.17) is 16.9 Å². The first kappa shape index (κ1) is 13.2. The summed E-state index contributed by atoms with van der Waals surface area (Å²) >= 11 is 6.17. The number of nitrogens with zero attached hydrogens (tertiary/aromatic N) is 1. The van der Waals surface area contributed by atoms with Crippen molar-refractivity contribution in [3.63, 3.8) is 0 Å². The van der Waals surface area contributed by atoms with Gasteiger partial charge in [-0.1, -0.05) is 25.4 Å². The maximum absolute atomic E-state index is 8.91. The molecule has 0 saturated heterocycles. The molecule has 18 heavy (non-hydrogen) atoms. The Morgan fingerprint density at radius 2 is 2.06 bits per heavy atom. The van der Waals surface area contributed by atoms with Crippen LogP contribution in [0, 0.1) is 23.2 Å². The minimum absolute atomic E-state index is 0.475. The van der Waals surface area contributed by atoms with E-state index in [1.54, 1.807) is 12.1 Å².